The van der Waals surface area contributed by atoms with Crippen molar-refractivity contribution in [2.75, 3.05) is 19.9 Å². The molecule has 29 heavy (non-hydrogen) atoms. The van der Waals surface area contributed by atoms with Crippen LogP contribution >= 0.6 is 0 Å². The third-order valence-corrected chi connectivity index (χ3v) is 7.05. The van der Waals surface area contributed by atoms with Gasteiger partial charge in [-0.2, -0.15) is 4.31 Å². The molecule has 1 atom stereocenters. The molecule has 1 aliphatic heterocycles. The number of methoxy groups -OCH3 is 1. The second kappa shape index (κ2) is 8.51. The van der Waals surface area contributed by atoms with Crippen LogP contribution in [0.2, 0.25) is 0 Å². The second-order valence-corrected chi connectivity index (χ2v) is 9.31. The maximum Gasteiger partial charge on any atom is 0.241 e. The van der Waals surface area contributed by atoms with E-state index in [0.29, 0.717) is 12.0 Å². The van der Waals surface area contributed by atoms with Crippen molar-refractivity contribution >= 4 is 15.9 Å². The van der Waals surface area contributed by atoms with E-state index in [1.54, 1.807) is 20.0 Å². The number of amides is 1. The molecule has 2 aromatic carbocycles. The number of halogens is 1. The first-order valence-electron chi connectivity index (χ1n) is 9.40. The molecule has 1 aliphatic rings. The lowest BCUT2D eigenvalue weighted by Gasteiger charge is -2.36. The number of nitrogens with zero attached hydrogens (tertiary/aromatic N) is 2. The van der Waals surface area contributed by atoms with Gasteiger partial charge in [0, 0.05) is 20.1 Å². The fraction of sp³-hybridized carbons (Fsp3) is 0.381. The Bertz CT molecular complexity index is 1010. The fourth-order valence-electron chi connectivity index (χ4n) is 3.58. The molecule has 6 nitrogen and oxygen atoms in total. The Morgan fingerprint density at radius 3 is 2.55 bits per heavy atom. The van der Waals surface area contributed by atoms with Gasteiger partial charge in [0.1, 0.15) is 6.04 Å². The highest BCUT2D eigenvalue weighted by Gasteiger charge is 2.39. The molecule has 0 fully saturated rings. The Kier molecular flexibility index (Phi) is 6.24. The van der Waals surface area contributed by atoms with Crippen LogP contribution < -0.4 is 4.74 Å². The quantitative estimate of drug-likeness (QED) is 0.721. The highest BCUT2D eigenvalue weighted by molar-refractivity contribution is 7.89. The van der Waals surface area contributed by atoms with Crippen molar-refractivity contribution in [3.05, 3.63) is 65.0 Å². The number of hydrogen-bond donors (Lipinski definition) is 0. The summed E-state index contributed by atoms with van der Waals surface area (Å²) in [4.78, 5) is 14.6. The van der Waals surface area contributed by atoms with Gasteiger partial charge in [0.15, 0.2) is 11.6 Å². The van der Waals surface area contributed by atoms with Crippen molar-refractivity contribution in [3.63, 3.8) is 0 Å². The fourth-order valence-corrected chi connectivity index (χ4v) is 4.80. The number of benzene rings is 2. The van der Waals surface area contributed by atoms with Gasteiger partial charge >= 0.3 is 0 Å². The number of fused-ring (bicyclic) bond motifs is 1. The lowest BCUT2D eigenvalue weighted by molar-refractivity contribution is -0.135. The molecule has 0 bridgehead atoms. The van der Waals surface area contributed by atoms with Gasteiger partial charge in [-0.3, -0.25) is 4.79 Å². The van der Waals surface area contributed by atoms with Gasteiger partial charge in [0.05, 0.1) is 12.9 Å². The number of hydrogen-bond acceptors (Lipinski definition) is 4. The summed E-state index contributed by atoms with van der Waals surface area (Å²) in [7, 11) is -0.586. The van der Waals surface area contributed by atoms with Gasteiger partial charge in [-0.05, 0) is 42.2 Å². The molecule has 0 spiro atoms. The van der Waals surface area contributed by atoms with Crippen molar-refractivity contribution in [2.24, 2.45) is 0 Å². The molecule has 1 heterocycles. The maximum atomic E-state index is 14.0. The van der Waals surface area contributed by atoms with E-state index >= 15 is 0 Å². The smallest absolute Gasteiger partial charge is 0.241 e. The summed E-state index contributed by atoms with van der Waals surface area (Å²) in [6.45, 7) is 1.91. The number of likely N-dealkylation sites (N-methyl/N-ethyl adjacent to an activating group) is 1. The largest absolute Gasteiger partial charge is 0.494 e. The molecule has 3 rings (SSSR count). The number of carbonyl (C=O) groups is 1. The van der Waals surface area contributed by atoms with Crippen LogP contribution in [-0.2, 0) is 34.3 Å². The summed E-state index contributed by atoms with van der Waals surface area (Å²) in [5.41, 5.74) is 2.48. The molecule has 0 radical (unpaired) electrons. The van der Waals surface area contributed by atoms with E-state index in [2.05, 4.69) is 0 Å². The van der Waals surface area contributed by atoms with Crippen LogP contribution in [0.3, 0.4) is 0 Å². The predicted octanol–water partition coefficient (Wildman–Crippen LogP) is 2.57. The molecule has 156 valence electrons. The van der Waals surface area contributed by atoms with Gasteiger partial charge in [-0.15, -0.1) is 0 Å². The summed E-state index contributed by atoms with van der Waals surface area (Å²) in [6, 6.07) is 11.2. The van der Waals surface area contributed by atoms with Gasteiger partial charge in [-0.1, -0.05) is 30.3 Å². The van der Waals surface area contributed by atoms with Crippen molar-refractivity contribution < 1.29 is 22.3 Å². The Morgan fingerprint density at radius 1 is 1.24 bits per heavy atom. The molecular formula is C21H25FN2O4S. The molecule has 8 heteroatoms. The van der Waals surface area contributed by atoms with E-state index < -0.39 is 21.9 Å². The standard InChI is InChI=1S/C21H25FN2O4S/c1-4-29(26,27)24-14-17-8-6-5-7-16(17)12-19(24)21(25)23(2)13-15-9-10-20(28-3)18(22)11-15/h5-11,19H,4,12-14H2,1-3H3/t19-/m1/s1. The molecular weight excluding hydrogens is 395 g/mol. The number of sulfonamides is 1. The molecule has 1 amide bonds. The molecule has 0 N–H and O–H groups in total. The van der Waals surface area contributed by atoms with E-state index in [4.69, 9.17) is 4.74 Å². The number of ether oxygens (including phenoxy) is 1. The van der Waals surface area contributed by atoms with Gasteiger partial charge in [0.25, 0.3) is 0 Å². The predicted molar refractivity (Wildman–Crippen MR) is 108 cm³/mol. The third kappa shape index (κ3) is 4.43. The SMILES string of the molecule is CCS(=O)(=O)N1Cc2ccccc2C[C@@H]1C(=O)N(C)Cc1ccc(OC)c(F)c1. The summed E-state index contributed by atoms with van der Waals surface area (Å²) < 4.78 is 45.5. The molecule has 0 aliphatic carbocycles. The first kappa shape index (κ1) is 21.3. The lowest BCUT2D eigenvalue weighted by Crippen LogP contribution is -2.53. The Balaban J connectivity index is 1.85. The van der Waals surface area contributed by atoms with E-state index in [9.17, 15) is 17.6 Å². The van der Waals surface area contributed by atoms with Crippen LogP contribution in [0.25, 0.3) is 0 Å². The Labute approximate surface area is 170 Å². The van der Waals surface area contributed by atoms with Gasteiger partial charge in [0.2, 0.25) is 15.9 Å². The number of rotatable bonds is 6. The minimum Gasteiger partial charge on any atom is -0.494 e. The summed E-state index contributed by atoms with van der Waals surface area (Å²) in [6.07, 6.45) is 0.315. The van der Waals surface area contributed by atoms with Crippen LogP contribution in [0.15, 0.2) is 42.5 Å². The Hall–Kier alpha value is -2.45. The van der Waals surface area contributed by atoms with E-state index in [1.807, 2.05) is 24.3 Å². The maximum absolute atomic E-state index is 14.0. The highest BCUT2D eigenvalue weighted by atomic mass is 32.2. The van der Waals surface area contributed by atoms with Crippen LogP contribution in [0.5, 0.6) is 5.75 Å². The molecule has 0 unspecified atom stereocenters. The van der Waals surface area contributed by atoms with Gasteiger partial charge in [-0.25, -0.2) is 12.8 Å². The highest BCUT2D eigenvalue weighted by Crippen LogP contribution is 2.27. The van der Waals surface area contributed by atoms with Crippen LogP contribution in [0.4, 0.5) is 4.39 Å². The summed E-state index contributed by atoms with van der Waals surface area (Å²) >= 11 is 0. The van der Waals surface area contributed by atoms with Crippen LogP contribution in [0.1, 0.15) is 23.6 Å². The minimum atomic E-state index is -3.57. The van der Waals surface area contributed by atoms with Crippen LogP contribution in [-0.4, -0.2) is 49.5 Å². The zero-order chi connectivity index (χ0) is 21.2. The summed E-state index contributed by atoms with van der Waals surface area (Å²) in [5, 5.41) is 0. The normalized spacial score (nSPS) is 16.9. The molecule has 0 saturated heterocycles. The second-order valence-electron chi connectivity index (χ2n) is 7.10. The molecule has 2 aromatic rings. The number of carbonyl (C=O) groups excluding carboxylic acids is 1. The monoisotopic (exact) mass is 420 g/mol. The van der Waals surface area contributed by atoms with Crippen LogP contribution in [0, 0.1) is 5.82 Å². The van der Waals surface area contributed by atoms with E-state index in [1.165, 1.54) is 28.4 Å². The molecule has 0 saturated carbocycles. The molecule has 0 aromatic heterocycles. The first-order valence-corrected chi connectivity index (χ1v) is 11.0. The van der Waals surface area contributed by atoms with Crippen molar-refractivity contribution in [2.45, 2.75) is 32.5 Å². The minimum absolute atomic E-state index is 0.0770. The summed E-state index contributed by atoms with van der Waals surface area (Å²) in [5.74, 6) is -0.765. The average Bonchev–Trinajstić information content (AvgIpc) is 2.72. The van der Waals surface area contributed by atoms with Crippen molar-refractivity contribution in [3.8, 4) is 5.75 Å². The lowest BCUT2D eigenvalue weighted by atomic mass is 9.95. The first-order chi connectivity index (χ1) is 13.8. The van der Waals surface area contributed by atoms with E-state index in [0.717, 1.165) is 11.1 Å². The van der Waals surface area contributed by atoms with Gasteiger partial charge < -0.3 is 9.64 Å². The van der Waals surface area contributed by atoms with Crippen molar-refractivity contribution in [1.82, 2.24) is 9.21 Å². The average molecular weight is 421 g/mol. The Morgan fingerprint density at radius 2 is 1.93 bits per heavy atom. The van der Waals surface area contributed by atoms with Crippen molar-refractivity contribution in [1.29, 1.82) is 0 Å². The zero-order valence-electron chi connectivity index (χ0n) is 16.8. The third-order valence-electron chi connectivity index (χ3n) is 5.22. The zero-order valence-corrected chi connectivity index (χ0v) is 17.6. The van der Waals surface area contributed by atoms with E-state index in [-0.39, 0.29) is 30.5 Å². The topological polar surface area (TPSA) is 66.9 Å².